The van der Waals surface area contributed by atoms with Gasteiger partial charge in [-0.1, -0.05) is 66.0 Å². The molecule has 0 spiro atoms. The van der Waals surface area contributed by atoms with Crippen molar-refractivity contribution in [1.82, 2.24) is 10.2 Å². The number of anilines is 1. The number of nitrogens with zero attached hydrogens (tertiary/aromatic N) is 1. The Hall–Kier alpha value is -3.72. The van der Waals surface area contributed by atoms with Crippen LogP contribution in [0.5, 0.6) is 11.5 Å². The molecule has 1 aliphatic rings. The second-order valence-corrected chi connectivity index (χ2v) is 9.73. The van der Waals surface area contributed by atoms with Crippen molar-refractivity contribution in [1.29, 1.82) is 0 Å². The summed E-state index contributed by atoms with van der Waals surface area (Å²) >= 11 is 18.5. The minimum atomic E-state index is -0.704. The number of carbonyl (C=O) groups is 3. The number of urea groups is 1. The molecular weight excluding hydrogens is 565 g/mol. The van der Waals surface area contributed by atoms with Crippen molar-refractivity contribution in [3.8, 4) is 11.5 Å². The summed E-state index contributed by atoms with van der Waals surface area (Å²) in [6.45, 7) is 1.68. The number of hydrogen-bond acceptors (Lipinski definition) is 5. The van der Waals surface area contributed by atoms with Crippen LogP contribution in [0.2, 0.25) is 15.1 Å². The van der Waals surface area contributed by atoms with Gasteiger partial charge in [0, 0.05) is 5.69 Å². The van der Waals surface area contributed by atoms with Gasteiger partial charge in [-0.25, -0.2) is 9.69 Å². The van der Waals surface area contributed by atoms with Crippen LogP contribution in [0.25, 0.3) is 6.08 Å². The quantitative estimate of drug-likeness (QED) is 0.225. The third-order valence-corrected chi connectivity index (χ3v) is 6.89. The Bertz CT molecular complexity index is 1470. The molecule has 4 rings (SSSR count). The zero-order valence-electron chi connectivity index (χ0n) is 21.0. The number of halogens is 3. The normalized spacial score (nSPS) is 14.0. The molecule has 1 heterocycles. The molecule has 0 unspecified atom stereocenters. The number of amides is 4. The zero-order valence-corrected chi connectivity index (χ0v) is 23.3. The van der Waals surface area contributed by atoms with Crippen LogP contribution < -0.4 is 20.1 Å². The van der Waals surface area contributed by atoms with Gasteiger partial charge >= 0.3 is 6.03 Å². The minimum absolute atomic E-state index is 0.00986. The van der Waals surface area contributed by atoms with Crippen molar-refractivity contribution in [3.63, 3.8) is 0 Å². The number of carbonyl (C=O) groups excluding carboxylic acids is 3. The van der Waals surface area contributed by atoms with E-state index in [9.17, 15) is 14.4 Å². The number of ether oxygens (including phenoxy) is 2. The molecule has 3 aromatic carbocycles. The van der Waals surface area contributed by atoms with E-state index in [0.29, 0.717) is 32.8 Å². The third kappa shape index (κ3) is 6.65. The van der Waals surface area contributed by atoms with E-state index in [0.717, 1.165) is 22.4 Å². The van der Waals surface area contributed by atoms with Crippen LogP contribution in [0, 0.1) is 0 Å². The van der Waals surface area contributed by atoms with E-state index in [1.807, 2.05) is 19.1 Å². The highest BCUT2D eigenvalue weighted by molar-refractivity contribution is 6.42. The van der Waals surface area contributed by atoms with Gasteiger partial charge in [0.05, 0.1) is 22.2 Å². The molecule has 0 bridgehead atoms. The number of imide groups is 1. The van der Waals surface area contributed by atoms with Crippen molar-refractivity contribution < 1.29 is 23.9 Å². The lowest BCUT2D eigenvalue weighted by atomic mass is 10.1. The van der Waals surface area contributed by atoms with Crippen LogP contribution in [0.3, 0.4) is 0 Å². The monoisotopic (exact) mass is 587 g/mol. The second kappa shape index (κ2) is 12.4. The molecule has 0 saturated carbocycles. The molecule has 1 saturated heterocycles. The first-order chi connectivity index (χ1) is 18.7. The molecule has 0 radical (unpaired) electrons. The van der Waals surface area contributed by atoms with Crippen molar-refractivity contribution in [3.05, 3.63) is 92.1 Å². The van der Waals surface area contributed by atoms with E-state index in [-0.39, 0.29) is 17.3 Å². The summed E-state index contributed by atoms with van der Waals surface area (Å²) in [6.07, 6.45) is 2.17. The lowest BCUT2D eigenvalue weighted by Gasteiger charge is -2.14. The van der Waals surface area contributed by atoms with Gasteiger partial charge < -0.3 is 20.1 Å². The van der Waals surface area contributed by atoms with Crippen LogP contribution in [0.4, 0.5) is 10.5 Å². The van der Waals surface area contributed by atoms with Gasteiger partial charge in [0.15, 0.2) is 11.5 Å². The Morgan fingerprint density at radius 1 is 1.03 bits per heavy atom. The first-order valence-electron chi connectivity index (χ1n) is 11.9. The Labute approximate surface area is 240 Å². The van der Waals surface area contributed by atoms with Crippen LogP contribution in [-0.2, 0) is 22.6 Å². The van der Waals surface area contributed by atoms with Gasteiger partial charge in [0.1, 0.15) is 18.8 Å². The van der Waals surface area contributed by atoms with E-state index in [1.165, 1.54) is 13.2 Å². The molecule has 2 N–H and O–H groups in total. The fourth-order valence-corrected chi connectivity index (χ4v) is 4.51. The van der Waals surface area contributed by atoms with Crippen molar-refractivity contribution >= 4 is 64.4 Å². The molecule has 0 aliphatic carbocycles. The molecule has 39 heavy (non-hydrogen) atoms. The van der Waals surface area contributed by atoms with Gasteiger partial charge in [0.2, 0.25) is 5.91 Å². The van der Waals surface area contributed by atoms with E-state index < -0.39 is 24.4 Å². The van der Waals surface area contributed by atoms with Gasteiger partial charge in [-0.05, 0) is 59.5 Å². The summed E-state index contributed by atoms with van der Waals surface area (Å²) < 4.78 is 11.3. The van der Waals surface area contributed by atoms with Gasteiger partial charge in [-0.15, -0.1) is 0 Å². The number of aryl methyl sites for hydroxylation is 1. The fraction of sp³-hybridized carbons (Fsp3) is 0.179. The number of methoxy groups -OCH3 is 1. The maximum absolute atomic E-state index is 12.9. The molecule has 202 valence electrons. The van der Waals surface area contributed by atoms with Crippen LogP contribution in [0.1, 0.15) is 23.6 Å². The molecule has 3 aromatic rings. The van der Waals surface area contributed by atoms with E-state index >= 15 is 0 Å². The van der Waals surface area contributed by atoms with E-state index in [4.69, 9.17) is 44.3 Å². The first-order valence-corrected chi connectivity index (χ1v) is 13.0. The standard InChI is InChI=1S/C28H24Cl3N3O5/c1-3-18-6-4-5-7-22(18)32-25(35)14-34-27(36)23(33-28(34)37)12-17-11-21(31)26(24(13-17)38-2)39-15-16-8-9-19(29)20(30)10-16/h4-13H,3,14-15H2,1-2H3,(H,32,35)(H,33,37)/b23-12+. The van der Waals surface area contributed by atoms with Crippen molar-refractivity contribution in [2.75, 3.05) is 19.0 Å². The van der Waals surface area contributed by atoms with E-state index in [2.05, 4.69) is 10.6 Å². The van der Waals surface area contributed by atoms with Gasteiger partial charge in [0.25, 0.3) is 5.91 Å². The van der Waals surface area contributed by atoms with Crippen LogP contribution in [0.15, 0.2) is 60.3 Å². The predicted octanol–water partition coefficient (Wildman–Crippen LogP) is 6.33. The van der Waals surface area contributed by atoms with Crippen LogP contribution in [-0.4, -0.2) is 36.4 Å². The van der Waals surface area contributed by atoms with E-state index in [1.54, 1.807) is 42.5 Å². The summed E-state index contributed by atoms with van der Waals surface area (Å²) in [5.74, 6) is -0.528. The smallest absolute Gasteiger partial charge is 0.329 e. The summed E-state index contributed by atoms with van der Waals surface area (Å²) in [6, 6.07) is 14.9. The highest BCUT2D eigenvalue weighted by Crippen LogP contribution is 2.38. The summed E-state index contributed by atoms with van der Waals surface area (Å²) in [4.78, 5) is 38.9. The maximum Gasteiger partial charge on any atom is 0.329 e. The molecule has 0 aromatic heterocycles. The number of nitrogens with one attached hydrogen (secondary N) is 2. The average molecular weight is 589 g/mol. The van der Waals surface area contributed by atoms with Gasteiger partial charge in [-0.3, -0.25) is 9.59 Å². The lowest BCUT2D eigenvalue weighted by molar-refractivity contribution is -0.127. The number of hydrogen-bond donors (Lipinski definition) is 2. The topological polar surface area (TPSA) is 97.0 Å². The highest BCUT2D eigenvalue weighted by atomic mass is 35.5. The zero-order chi connectivity index (χ0) is 28.1. The fourth-order valence-electron chi connectivity index (χ4n) is 3.91. The Morgan fingerprint density at radius 2 is 1.79 bits per heavy atom. The molecule has 1 fully saturated rings. The molecular formula is C28H24Cl3N3O5. The number of benzene rings is 3. The van der Waals surface area contributed by atoms with Gasteiger partial charge in [-0.2, -0.15) is 0 Å². The Kier molecular flexibility index (Phi) is 9.01. The highest BCUT2D eigenvalue weighted by Gasteiger charge is 2.35. The summed E-state index contributed by atoms with van der Waals surface area (Å²) in [5.41, 5.74) is 2.82. The van der Waals surface area contributed by atoms with Crippen LogP contribution >= 0.6 is 34.8 Å². The summed E-state index contributed by atoms with van der Waals surface area (Å²) in [7, 11) is 1.45. The molecule has 1 aliphatic heterocycles. The third-order valence-electron chi connectivity index (χ3n) is 5.87. The Balaban J connectivity index is 1.47. The summed E-state index contributed by atoms with van der Waals surface area (Å²) in [5, 5.41) is 6.32. The first kappa shape index (κ1) is 28.3. The molecule has 8 nitrogen and oxygen atoms in total. The second-order valence-electron chi connectivity index (χ2n) is 8.51. The molecule has 0 atom stereocenters. The number of rotatable bonds is 9. The van der Waals surface area contributed by atoms with Crippen molar-refractivity contribution in [2.45, 2.75) is 20.0 Å². The SMILES string of the molecule is CCc1ccccc1NC(=O)CN1C(=O)N/C(=C/c2cc(Cl)c(OCc3ccc(Cl)c(Cl)c3)c(OC)c2)C1=O. The van der Waals surface area contributed by atoms with Crippen molar-refractivity contribution in [2.24, 2.45) is 0 Å². The number of para-hydroxylation sites is 1. The lowest BCUT2D eigenvalue weighted by Crippen LogP contribution is -2.38. The largest absolute Gasteiger partial charge is 0.493 e. The Morgan fingerprint density at radius 3 is 2.51 bits per heavy atom. The molecule has 4 amide bonds. The minimum Gasteiger partial charge on any atom is -0.493 e. The maximum atomic E-state index is 12.9. The molecule has 11 heteroatoms. The average Bonchev–Trinajstić information content (AvgIpc) is 3.17. The predicted molar refractivity (Wildman–Crippen MR) is 151 cm³/mol.